The quantitative estimate of drug-likeness (QED) is 0.856. The number of hydrogen-bond donors (Lipinski definition) is 2. The zero-order valence-electron chi connectivity index (χ0n) is 10.0. The minimum Gasteiger partial charge on any atom is -0.391 e. The molecule has 102 valence electrons. The maximum atomic E-state index is 12.0. The van der Waals surface area contributed by atoms with Gasteiger partial charge < -0.3 is 5.11 Å². The topological polar surface area (TPSA) is 90.2 Å². The first kappa shape index (κ1) is 14.3. The number of hydrogen-bond acceptors (Lipinski definition) is 4. The first-order valence-corrected chi connectivity index (χ1v) is 7.67. The van der Waals surface area contributed by atoms with Gasteiger partial charge in [-0.1, -0.05) is 11.6 Å². The molecule has 1 fully saturated rings. The predicted octanol–water partition coefficient (Wildman–Crippen LogP) is 1.26. The van der Waals surface area contributed by atoms with E-state index in [1.54, 1.807) is 0 Å². The Morgan fingerprint density at radius 2 is 2.21 bits per heavy atom. The summed E-state index contributed by atoms with van der Waals surface area (Å²) in [6, 6.07) is 5.85. The summed E-state index contributed by atoms with van der Waals surface area (Å²) >= 11 is 5.85. The van der Waals surface area contributed by atoms with Crippen molar-refractivity contribution < 1.29 is 13.5 Å². The van der Waals surface area contributed by atoms with Gasteiger partial charge in [0, 0.05) is 6.54 Å². The third-order valence-electron chi connectivity index (χ3n) is 3.00. The first-order valence-electron chi connectivity index (χ1n) is 5.81. The highest BCUT2D eigenvalue weighted by molar-refractivity contribution is 7.89. The van der Waals surface area contributed by atoms with Crippen molar-refractivity contribution in [2.24, 2.45) is 5.92 Å². The maximum absolute atomic E-state index is 12.0. The Morgan fingerprint density at radius 1 is 1.53 bits per heavy atom. The van der Waals surface area contributed by atoms with Crippen molar-refractivity contribution in [2.45, 2.75) is 23.8 Å². The van der Waals surface area contributed by atoms with E-state index in [2.05, 4.69) is 4.72 Å². The van der Waals surface area contributed by atoms with Crippen LogP contribution in [0, 0.1) is 17.2 Å². The van der Waals surface area contributed by atoms with Crippen LogP contribution < -0.4 is 4.72 Å². The summed E-state index contributed by atoms with van der Waals surface area (Å²) in [4.78, 5) is -0.0869. The van der Waals surface area contributed by atoms with Gasteiger partial charge in [0.05, 0.1) is 22.8 Å². The predicted molar refractivity (Wildman–Crippen MR) is 70.1 cm³/mol. The molecular weight excluding hydrogens is 288 g/mol. The van der Waals surface area contributed by atoms with Crippen LogP contribution in [0.1, 0.15) is 18.4 Å². The lowest BCUT2D eigenvalue weighted by Crippen LogP contribution is -2.33. The normalized spacial score (nSPS) is 16.9. The molecule has 0 aliphatic heterocycles. The fraction of sp³-hybridized carbons (Fsp3) is 0.417. The summed E-state index contributed by atoms with van der Waals surface area (Å²) in [7, 11) is -3.77. The summed E-state index contributed by atoms with van der Waals surface area (Å²) in [6.45, 7) is -0.0245. The number of nitrogens with zero attached hydrogens (tertiary/aromatic N) is 1. The van der Waals surface area contributed by atoms with Crippen molar-refractivity contribution in [3.63, 3.8) is 0 Å². The van der Waals surface area contributed by atoms with Crippen LogP contribution in [0.3, 0.4) is 0 Å². The lowest BCUT2D eigenvalue weighted by Gasteiger charge is -2.12. The van der Waals surface area contributed by atoms with Crippen LogP contribution in [0.2, 0.25) is 5.02 Å². The Hall–Kier alpha value is -1.13. The Bertz CT molecular complexity index is 620. The number of sulfonamides is 1. The van der Waals surface area contributed by atoms with Gasteiger partial charge in [0.25, 0.3) is 0 Å². The molecule has 2 N–H and O–H groups in total. The molecule has 1 saturated carbocycles. The molecule has 2 rings (SSSR count). The van der Waals surface area contributed by atoms with Crippen LogP contribution in [0.5, 0.6) is 0 Å². The van der Waals surface area contributed by atoms with E-state index in [1.165, 1.54) is 18.2 Å². The highest BCUT2D eigenvalue weighted by Crippen LogP contribution is 2.32. The molecule has 7 heteroatoms. The lowest BCUT2D eigenvalue weighted by atomic mass is 10.2. The Kier molecular flexibility index (Phi) is 4.11. The van der Waals surface area contributed by atoms with E-state index in [9.17, 15) is 13.5 Å². The van der Waals surface area contributed by atoms with Crippen molar-refractivity contribution in [2.75, 3.05) is 6.54 Å². The summed E-state index contributed by atoms with van der Waals surface area (Å²) in [5.41, 5.74) is 0.293. The van der Waals surface area contributed by atoms with E-state index in [1.807, 2.05) is 6.07 Å². The Morgan fingerprint density at radius 3 is 2.74 bits per heavy atom. The van der Waals surface area contributed by atoms with Gasteiger partial charge in [-0.3, -0.25) is 0 Å². The molecule has 5 nitrogen and oxygen atoms in total. The summed E-state index contributed by atoms with van der Waals surface area (Å²) in [6.07, 6.45) is 1.20. The summed E-state index contributed by atoms with van der Waals surface area (Å²) in [5.74, 6) is 0.194. The van der Waals surface area contributed by atoms with E-state index in [-0.39, 0.29) is 22.4 Å². The average molecular weight is 301 g/mol. The van der Waals surface area contributed by atoms with E-state index in [0.717, 1.165) is 12.8 Å². The molecule has 1 aliphatic carbocycles. The van der Waals surface area contributed by atoms with Crippen LogP contribution >= 0.6 is 11.6 Å². The monoisotopic (exact) mass is 300 g/mol. The smallest absolute Gasteiger partial charge is 0.242 e. The zero-order valence-corrected chi connectivity index (χ0v) is 11.6. The highest BCUT2D eigenvalue weighted by atomic mass is 35.5. The highest BCUT2D eigenvalue weighted by Gasteiger charge is 2.30. The second-order valence-corrected chi connectivity index (χ2v) is 6.66. The molecule has 1 aromatic carbocycles. The average Bonchev–Trinajstić information content (AvgIpc) is 3.19. The minimum atomic E-state index is -3.77. The summed E-state index contributed by atoms with van der Waals surface area (Å²) < 4.78 is 26.4. The Labute approximate surface area is 116 Å². The standard InChI is InChI=1S/C12H13ClN2O3S/c13-10-5-8(6-14)1-4-12(10)19(17,18)15-7-11(16)9-2-3-9/h1,4-5,9,11,15-16H,2-3,7H2. The van der Waals surface area contributed by atoms with Crippen molar-refractivity contribution in [1.82, 2.24) is 4.72 Å². The molecule has 0 heterocycles. The molecule has 1 aromatic rings. The third kappa shape index (κ3) is 3.45. The van der Waals surface area contributed by atoms with Crippen molar-refractivity contribution in [3.05, 3.63) is 28.8 Å². The number of nitriles is 1. The molecule has 0 aromatic heterocycles. The fourth-order valence-corrected chi connectivity index (χ4v) is 3.30. The molecule has 0 saturated heterocycles. The van der Waals surface area contributed by atoms with Crippen LogP contribution in [0.4, 0.5) is 0 Å². The van der Waals surface area contributed by atoms with Gasteiger partial charge in [0.2, 0.25) is 10.0 Å². The van der Waals surface area contributed by atoms with Crippen LogP contribution in [-0.4, -0.2) is 26.2 Å². The van der Waals surface area contributed by atoms with Crippen LogP contribution in [-0.2, 0) is 10.0 Å². The number of nitrogens with one attached hydrogen (secondary N) is 1. The Balaban J connectivity index is 2.12. The fourth-order valence-electron chi connectivity index (χ4n) is 1.71. The van der Waals surface area contributed by atoms with Gasteiger partial charge in [0.15, 0.2) is 0 Å². The second kappa shape index (κ2) is 5.47. The molecule has 19 heavy (non-hydrogen) atoms. The van der Waals surface area contributed by atoms with Crippen molar-refractivity contribution in [3.8, 4) is 6.07 Å². The number of halogens is 1. The molecule has 0 spiro atoms. The minimum absolute atomic E-state index is 0.00698. The molecular formula is C12H13ClN2O3S. The van der Waals surface area contributed by atoms with Gasteiger partial charge >= 0.3 is 0 Å². The molecule has 0 radical (unpaired) electrons. The molecule has 1 atom stereocenters. The van der Waals surface area contributed by atoms with Gasteiger partial charge in [-0.05, 0) is 37.0 Å². The SMILES string of the molecule is N#Cc1ccc(S(=O)(=O)NCC(O)C2CC2)c(Cl)c1. The lowest BCUT2D eigenvalue weighted by molar-refractivity contribution is 0.155. The van der Waals surface area contributed by atoms with Crippen molar-refractivity contribution >= 4 is 21.6 Å². The van der Waals surface area contributed by atoms with Gasteiger partial charge in [-0.15, -0.1) is 0 Å². The number of aliphatic hydroxyl groups excluding tert-OH is 1. The second-order valence-electron chi connectivity index (χ2n) is 4.51. The van der Waals surface area contributed by atoms with Crippen molar-refractivity contribution in [1.29, 1.82) is 5.26 Å². The van der Waals surface area contributed by atoms with Gasteiger partial charge in [-0.25, -0.2) is 13.1 Å². The molecule has 0 amide bonds. The largest absolute Gasteiger partial charge is 0.391 e. The summed E-state index contributed by atoms with van der Waals surface area (Å²) in [5, 5.41) is 18.3. The van der Waals surface area contributed by atoms with Gasteiger partial charge in [-0.2, -0.15) is 5.26 Å². The number of aliphatic hydroxyl groups is 1. The van der Waals surface area contributed by atoms with Crippen LogP contribution in [0.15, 0.2) is 23.1 Å². The van der Waals surface area contributed by atoms with E-state index in [0.29, 0.717) is 5.56 Å². The zero-order chi connectivity index (χ0) is 14.0. The van der Waals surface area contributed by atoms with E-state index < -0.39 is 16.1 Å². The molecule has 1 unspecified atom stereocenters. The van der Waals surface area contributed by atoms with Gasteiger partial charge in [0.1, 0.15) is 4.90 Å². The maximum Gasteiger partial charge on any atom is 0.242 e. The third-order valence-corrected chi connectivity index (χ3v) is 4.91. The number of rotatable bonds is 5. The van der Waals surface area contributed by atoms with E-state index in [4.69, 9.17) is 16.9 Å². The first-order chi connectivity index (χ1) is 8.94. The van der Waals surface area contributed by atoms with E-state index >= 15 is 0 Å². The molecule has 1 aliphatic rings. The number of benzene rings is 1. The van der Waals surface area contributed by atoms with Crippen LogP contribution in [0.25, 0.3) is 0 Å². The molecule has 0 bridgehead atoms.